The lowest BCUT2D eigenvalue weighted by molar-refractivity contribution is -0.167. The maximum Gasteiger partial charge on any atom is 0.306 e. The average molecular weight is 667 g/mol. The van der Waals surface area contributed by atoms with E-state index in [2.05, 4.69) is 34.6 Å². The highest BCUT2D eigenvalue weighted by atomic mass is 16.6. The van der Waals surface area contributed by atoms with E-state index in [4.69, 9.17) is 14.2 Å². The van der Waals surface area contributed by atoms with Gasteiger partial charge in [0.25, 0.3) is 0 Å². The quantitative estimate of drug-likeness (QED) is 0.0380. The number of hydrogen-bond donors (Lipinski definition) is 0. The number of carbonyl (C=O) groups excluding carboxylic acids is 3. The molecule has 0 N–H and O–H groups in total. The van der Waals surface area contributed by atoms with Crippen LogP contribution in [0.25, 0.3) is 0 Å². The van der Waals surface area contributed by atoms with Crippen LogP contribution < -0.4 is 0 Å². The number of unbranched alkanes of at least 4 members (excludes halogenated alkanes) is 19. The molecular formula is C41H78O6. The Morgan fingerprint density at radius 1 is 0.447 bits per heavy atom. The Morgan fingerprint density at radius 2 is 0.809 bits per heavy atom. The van der Waals surface area contributed by atoms with Crippen molar-refractivity contribution < 1.29 is 28.6 Å². The zero-order valence-electron chi connectivity index (χ0n) is 31.9. The van der Waals surface area contributed by atoms with Crippen LogP contribution in [0.15, 0.2) is 0 Å². The average Bonchev–Trinajstić information content (AvgIpc) is 3.05. The molecule has 0 bridgehead atoms. The molecule has 1 unspecified atom stereocenters. The Hall–Kier alpha value is -1.59. The first kappa shape index (κ1) is 45.4. The van der Waals surface area contributed by atoms with Crippen LogP contribution in [0.4, 0.5) is 0 Å². The molecule has 0 rings (SSSR count). The van der Waals surface area contributed by atoms with E-state index in [0.29, 0.717) is 19.3 Å². The standard InChI is InChI=1S/C41H78O6/c1-6-8-9-19-26-31-39(42)45-34-38(35-46-40(43)32-27-22-18-14-15-20-24-29-36(3)4)47-41(44)33-28-23-17-13-11-10-12-16-21-25-30-37(5)7-2/h36-38H,6-35H2,1-5H3/t37?,38-/m0/s1. The second-order valence-electron chi connectivity index (χ2n) is 14.6. The lowest BCUT2D eigenvalue weighted by atomic mass is 9.99. The Morgan fingerprint density at radius 3 is 1.21 bits per heavy atom. The molecule has 0 amide bonds. The van der Waals surface area contributed by atoms with Gasteiger partial charge in [0.05, 0.1) is 0 Å². The molecule has 6 nitrogen and oxygen atoms in total. The first-order chi connectivity index (χ1) is 22.8. The van der Waals surface area contributed by atoms with E-state index in [0.717, 1.165) is 76.0 Å². The fraction of sp³-hybridized carbons (Fsp3) is 0.927. The molecule has 0 aromatic heterocycles. The van der Waals surface area contributed by atoms with Crippen molar-refractivity contribution in [2.45, 2.75) is 221 Å². The summed E-state index contributed by atoms with van der Waals surface area (Å²) < 4.78 is 16.5. The molecule has 0 spiro atoms. The minimum Gasteiger partial charge on any atom is -0.462 e. The second kappa shape index (κ2) is 34.3. The van der Waals surface area contributed by atoms with Crippen LogP contribution in [0.2, 0.25) is 0 Å². The van der Waals surface area contributed by atoms with E-state index < -0.39 is 6.10 Å². The molecule has 278 valence electrons. The molecule has 0 aliphatic heterocycles. The van der Waals surface area contributed by atoms with Gasteiger partial charge in [0.1, 0.15) is 13.2 Å². The topological polar surface area (TPSA) is 78.9 Å². The van der Waals surface area contributed by atoms with Crippen LogP contribution >= 0.6 is 0 Å². The summed E-state index contributed by atoms with van der Waals surface area (Å²) in [5, 5.41) is 0. The van der Waals surface area contributed by atoms with Crippen molar-refractivity contribution in [3.63, 3.8) is 0 Å². The van der Waals surface area contributed by atoms with Gasteiger partial charge in [-0.3, -0.25) is 14.4 Å². The number of ether oxygens (including phenoxy) is 3. The smallest absolute Gasteiger partial charge is 0.306 e. The molecule has 0 saturated heterocycles. The summed E-state index contributed by atoms with van der Waals surface area (Å²) in [7, 11) is 0. The molecule has 0 saturated carbocycles. The van der Waals surface area contributed by atoms with Crippen molar-refractivity contribution in [3.05, 3.63) is 0 Å². The van der Waals surface area contributed by atoms with Gasteiger partial charge in [0, 0.05) is 19.3 Å². The van der Waals surface area contributed by atoms with Gasteiger partial charge in [-0.1, -0.05) is 176 Å². The van der Waals surface area contributed by atoms with Crippen molar-refractivity contribution >= 4 is 17.9 Å². The van der Waals surface area contributed by atoms with Crippen LogP contribution in [-0.2, 0) is 28.6 Å². The maximum absolute atomic E-state index is 12.6. The van der Waals surface area contributed by atoms with Crippen molar-refractivity contribution in [1.82, 2.24) is 0 Å². The fourth-order valence-electron chi connectivity index (χ4n) is 5.84. The number of carbonyl (C=O) groups is 3. The maximum atomic E-state index is 12.6. The third-order valence-electron chi connectivity index (χ3n) is 9.33. The summed E-state index contributed by atoms with van der Waals surface area (Å²) in [6, 6.07) is 0. The monoisotopic (exact) mass is 667 g/mol. The normalized spacial score (nSPS) is 12.6. The van der Waals surface area contributed by atoms with Crippen LogP contribution in [0, 0.1) is 11.8 Å². The molecule has 0 fully saturated rings. The first-order valence-corrected chi connectivity index (χ1v) is 20.3. The lowest BCUT2D eigenvalue weighted by Crippen LogP contribution is -2.30. The molecule has 0 aromatic carbocycles. The summed E-state index contributed by atoms with van der Waals surface area (Å²) in [4.78, 5) is 37.3. The Balaban J connectivity index is 4.26. The van der Waals surface area contributed by atoms with Gasteiger partial charge in [-0.2, -0.15) is 0 Å². The van der Waals surface area contributed by atoms with Gasteiger partial charge >= 0.3 is 17.9 Å². The number of hydrogen-bond acceptors (Lipinski definition) is 6. The highest BCUT2D eigenvalue weighted by Crippen LogP contribution is 2.16. The van der Waals surface area contributed by atoms with E-state index in [1.165, 1.54) is 96.3 Å². The van der Waals surface area contributed by atoms with Crippen LogP contribution in [0.1, 0.15) is 214 Å². The summed E-state index contributed by atoms with van der Waals surface area (Å²) >= 11 is 0. The van der Waals surface area contributed by atoms with Gasteiger partial charge < -0.3 is 14.2 Å². The minimum absolute atomic E-state index is 0.0676. The number of rotatable bonds is 35. The zero-order chi connectivity index (χ0) is 34.8. The van der Waals surface area contributed by atoms with Crippen LogP contribution in [-0.4, -0.2) is 37.2 Å². The molecule has 0 aliphatic rings. The number of esters is 3. The highest BCUT2D eigenvalue weighted by Gasteiger charge is 2.19. The van der Waals surface area contributed by atoms with Crippen LogP contribution in [0.3, 0.4) is 0 Å². The van der Waals surface area contributed by atoms with E-state index in [1.54, 1.807) is 0 Å². The molecular weight excluding hydrogens is 588 g/mol. The Bertz CT molecular complexity index is 721. The molecule has 0 heterocycles. The van der Waals surface area contributed by atoms with Gasteiger partial charge in [0.2, 0.25) is 0 Å². The molecule has 0 aliphatic carbocycles. The Labute approximate surface area is 291 Å². The molecule has 0 radical (unpaired) electrons. The van der Waals surface area contributed by atoms with E-state index in [-0.39, 0.29) is 31.1 Å². The summed E-state index contributed by atoms with van der Waals surface area (Å²) in [6.45, 7) is 11.2. The summed E-state index contributed by atoms with van der Waals surface area (Å²) in [6.07, 6.45) is 29.7. The zero-order valence-corrected chi connectivity index (χ0v) is 31.9. The van der Waals surface area contributed by atoms with Gasteiger partial charge in [-0.05, 0) is 31.1 Å². The Kier molecular flexibility index (Phi) is 33.1. The summed E-state index contributed by atoms with van der Waals surface area (Å²) in [5.41, 5.74) is 0. The molecule has 47 heavy (non-hydrogen) atoms. The highest BCUT2D eigenvalue weighted by molar-refractivity contribution is 5.71. The minimum atomic E-state index is -0.758. The predicted molar refractivity (Wildman–Crippen MR) is 196 cm³/mol. The van der Waals surface area contributed by atoms with Crippen molar-refractivity contribution in [3.8, 4) is 0 Å². The fourth-order valence-corrected chi connectivity index (χ4v) is 5.84. The van der Waals surface area contributed by atoms with E-state index in [9.17, 15) is 14.4 Å². The first-order valence-electron chi connectivity index (χ1n) is 20.3. The van der Waals surface area contributed by atoms with E-state index in [1.807, 2.05) is 0 Å². The molecule has 0 aromatic rings. The van der Waals surface area contributed by atoms with Crippen molar-refractivity contribution in [2.24, 2.45) is 11.8 Å². The summed E-state index contributed by atoms with van der Waals surface area (Å²) in [5.74, 6) is 0.768. The molecule has 2 atom stereocenters. The largest absolute Gasteiger partial charge is 0.462 e. The second-order valence-corrected chi connectivity index (χ2v) is 14.6. The lowest BCUT2D eigenvalue weighted by Gasteiger charge is -2.18. The van der Waals surface area contributed by atoms with Gasteiger partial charge in [0.15, 0.2) is 6.10 Å². The van der Waals surface area contributed by atoms with Crippen LogP contribution in [0.5, 0.6) is 0 Å². The third-order valence-corrected chi connectivity index (χ3v) is 9.33. The van der Waals surface area contributed by atoms with Gasteiger partial charge in [-0.25, -0.2) is 0 Å². The SMILES string of the molecule is CCCCCCCC(=O)OC[C@@H](COC(=O)CCCCCCCCCC(C)C)OC(=O)CCCCCCCCCCCCC(C)CC. The van der Waals surface area contributed by atoms with E-state index >= 15 is 0 Å². The third kappa shape index (κ3) is 34.1. The van der Waals surface area contributed by atoms with Gasteiger partial charge in [-0.15, -0.1) is 0 Å². The molecule has 6 heteroatoms. The van der Waals surface area contributed by atoms with Crippen molar-refractivity contribution in [2.75, 3.05) is 13.2 Å². The van der Waals surface area contributed by atoms with Crippen molar-refractivity contribution in [1.29, 1.82) is 0 Å². The predicted octanol–water partition coefficient (Wildman–Crippen LogP) is 12.2.